The van der Waals surface area contributed by atoms with Crippen molar-refractivity contribution in [3.05, 3.63) is 59.4 Å². The summed E-state index contributed by atoms with van der Waals surface area (Å²) in [5.74, 6) is 0.627. The molecule has 3 fully saturated rings. The summed E-state index contributed by atoms with van der Waals surface area (Å²) in [6.45, 7) is 2.48. The Balaban J connectivity index is 1.17. The van der Waals surface area contributed by atoms with Crippen molar-refractivity contribution >= 4 is 11.9 Å². The number of hydrogen-bond acceptors (Lipinski definition) is 6. The summed E-state index contributed by atoms with van der Waals surface area (Å²) in [6.07, 6.45) is 7.55. The van der Waals surface area contributed by atoms with Crippen LogP contribution < -0.4 is 4.74 Å². The van der Waals surface area contributed by atoms with Gasteiger partial charge in [-0.1, -0.05) is 12.1 Å². The van der Waals surface area contributed by atoms with E-state index in [-0.39, 0.29) is 18.0 Å². The number of likely N-dealkylation sites (tertiary alicyclic amines) is 1. The Labute approximate surface area is 186 Å². The lowest BCUT2D eigenvalue weighted by atomic mass is 9.92. The molecular formula is C25H26N2O5. The highest BCUT2D eigenvalue weighted by Crippen LogP contribution is 2.52. The summed E-state index contributed by atoms with van der Waals surface area (Å²) in [6, 6.07) is 9.86. The lowest BCUT2D eigenvalue weighted by Crippen LogP contribution is -2.40. The molecule has 4 aliphatic rings. The molecule has 7 heteroatoms. The van der Waals surface area contributed by atoms with E-state index in [0.29, 0.717) is 25.1 Å². The summed E-state index contributed by atoms with van der Waals surface area (Å²) in [7, 11) is 0. The Morgan fingerprint density at radius 2 is 1.88 bits per heavy atom. The summed E-state index contributed by atoms with van der Waals surface area (Å²) in [5, 5.41) is 0. The van der Waals surface area contributed by atoms with E-state index in [1.807, 2.05) is 35.2 Å². The molecule has 0 unspecified atom stereocenters. The zero-order chi connectivity index (χ0) is 21.8. The van der Waals surface area contributed by atoms with Crippen LogP contribution in [0.4, 0.5) is 0 Å². The van der Waals surface area contributed by atoms with E-state index in [0.717, 1.165) is 55.8 Å². The number of ether oxygens (including phenoxy) is 3. The number of carbonyl (C=O) groups is 2. The monoisotopic (exact) mass is 434 g/mol. The summed E-state index contributed by atoms with van der Waals surface area (Å²) >= 11 is 0. The largest absolute Gasteiger partial charge is 0.490 e. The van der Waals surface area contributed by atoms with E-state index < -0.39 is 11.0 Å². The molecule has 1 aromatic heterocycles. The zero-order valence-electron chi connectivity index (χ0n) is 17.9. The van der Waals surface area contributed by atoms with Crippen molar-refractivity contribution in [1.82, 2.24) is 9.88 Å². The molecule has 1 spiro atoms. The van der Waals surface area contributed by atoms with Crippen LogP contribution in [-0.2, 0) is 25.3 Å². The van der Waals surface area contributed by atoms with Crippen molar-refractivity contribution in [2.75, 3.05) is 26.3 Å². The van der Waals surface area contributed by atoms with Crippen LogP contribution in [0.1, 0.15) is 53.6 Å². The molecule has 0 N–H and O–H groups in total. The number of carbonyl (C=O) groups excluding carboxylic acids is 2. The van der Waals surface area contributed by atoms with Crippen molar-refractivity contribution in [3.63, 3.8) is 0 Å². The first kappa shape index (κ1) is 19.7. The molecule has 0 radical (unpaired) electrons. The highest BCUT2D eigenvalue weighted by Gasteiger charge is 2.57. The van der Waals surface area contributed by atoms with Gasteiger partial charge in [-0.3, -0.25) is 9.78 Å². The van der Waals surface area contributed by atoms with Crippen LogP contribution in [0.3, 0.4) is 0 Å². The maximum atomic E-state index is 13.6. The second-order valence-corrected chi connectivity index (χ2v) is 9.32. The molecule has 1 aromatic carbocycles. The number of nitrogens with zero attached hydrogens (tertiary/aromatic N) is 2. The van der Waals surface area contributed by atoms with Gasteiger partial charge < -0.3 is 19.1 Å². The van der Waals surface area contributed by atoms with Gasteiger partial charge in [-0.2, -0.15) is 0 Å². The van der Waals surface area contributed by atoms with Gasteiger partial charge in [0, 0.05) is 43.8 Å². The molecule has 6 rings (SSSR count). The predicted octanol–water partition coefficient (Wildman–Crippen LogP) is 2.97. The van der Waals surface area contributed by atoms with E-state index in [2.05, 4.69) is 4.98 Å². The van der Waals surface area contributed by atoms with Gasteiger partial charge in [0.2, 0.25) is 5.91 Å². The third kappa shape index (κ3) is 3.10. The first-order valence-electron chi connectivity index (χ1n) is 11.4. The molecular weight excluding hydrogens is 408 g/mol. The molecule has 166 valence electrons. The number of fused-ring (bicyclic) bond motifs is 2. The van der Waals surface area contributed by atoms with Crippen LogP contribution in [0.5, 0.6) is 5.75 Å². The molecule has 2 saturated heterocycles. The fourth-order valence-electron chi connectivity index (χ4n) is 5.39. The highest BCUT2D eigenvalue weighted by atomic mass is 16.6. The minimum atomic E-state index is -0.734. The Morgan fingerprint density at radius 3 is 2.62 bits per heavy atom. The van der Waals surface area contributed by atoms with Crippen LogP contribution in [0.25, 0.3) is 0 Å². The van der Waals surface area contributed by atoms with Gasteiger partial charge in [-0.25, -0.2) is 4.79 Å². The van der Waals surface area contributed by atoms with Crippen LogP contribution in [0, 0.1) is 0 Å². The molecule has 1 amide bonds. The molecule has 0 bridgehead atoms. The summed E-state index contributed by atoms with van der Waals surface area (Å²) in [5.41, 5.74) is 1.21. The van der Waals surface area contributed by atoms with E-state index in [4.69, 9.17) is 14.2 Å². The summed E-state index contributed by atoms with van der Waals surface area (Å²) in [4.78, 5) is 31.8. The zero-order valence-corrected chi connectivity index (χ0v) is 17.9. The van der Waals surface area contributed by atoms with E-state index in [1.165, 1.54) is 0 Å². The van der Waals surface area contributed by atoms with E-state index >= 15 is 0 Å². The number of esters is 1. The first-order valence-corrected chi connectivity index (χ1v) is 11.4. The third-order valence-electron chi connectivity index (χ3n) is 7.38. The Kier molecular flexibility index (Phi) is 4.50. The van der Waals surface area contributed by atoms with Crippen molar-refractivity contribution in [2.24, 2.45) is 0 Å². The summed E-state index contributed by atoms with van der Waals surface area (Å²) < 4.78 is 17.3. The number of hydrogen-bond donors (Lipinski definition) is 0. The van der Waals surface area contributed by atoms with Gasteiger partial charge in [-0.15, -0.1) is 0 Å². The SMILES string of the molecule is O=C1O[C@]2(CCN(C(=O)C3(c4ccc(OC5CCOCC5)cc4)CC3)C2)c2ccncc21. The Hall–Kier alpha value is -2.93. The Bertz CT molecular complexity index is 1060. The molecule has 4 heterocycles. The van der Waals surface area contributed by atoms with Gasteiger partial charge in [-0.05, 0) is 36.6 Å². The van der Waals surface area contributed by atoms with Crippen molar-refractivity contribution in [2.45, 2.75) is 49.2 Å². The standard InChI is InChI=1S/C25H26N2O5/c28-22-20-15-26-11-5-21(20)25(32-22)10-12-27(16-25)23(29)24(8-9-24)17-1-3-18(4-2-17)31-19-6-13-30-14-7-19/h1-5,11,15,19H,6-10,12-14,16H2/t25-/m0/s1. The van der Waals surface area contributed by atoms with E-state index in [9.17, 15) is 9.59 Å². The molecule has 1 aliphatic carbocycles. The quantitative estimate of drug-likeness (QED) is 0.689. The average molecular weight is 434 g/mol. The molecule has 1 atom stereocenters. The van der Waals surface area contributed by atoms with Crippen LogP contribution in [0.2, 0.25) is 0 Å². The van der Waals surface area contributed by atoms with Gasteiger partial charge in [0.05, 0.1) is 30.7 Å². The minimum Gasteiger partial charge on any atom is -0.490 e. The minimum absolute atomic E-state index is 0.131. The maximum absolute atomic E-state index is 13.6. The van der Waals surface area contributed by atoms with Crippen molar-refractivity contribution in [3.8, 4) is 5.75 Å². The van der Waals surface area contributed by atoms with E-state index in [1.54, 1.807) is 12.4 Å². The number of benzene rings is 1. The van der Waals surface area contributed by atoms with Gasteiger partial charge in [0.1, 0.15) is 11.9 Å². The van der Waals surface area contributed by atoms with Gasteiger partial charge in [0.25, 0.3) is 0 Å². The normalized spacial score (nSPS) is 26.1. The topological polar surface area (TPSA) is 78.0 Å². The molecule has 2 aromatic rings. The first-order chi connectivity index (χ1) is 15.6. The Morgan fingerprint density at radius 1 is 1.09 bits per heavy atom. The fraction of sp³-hybridized carbons (Fsp3) is 0.480. The van der Waals surface area contributed by atoms with Crippen LogP contribution in [0.15, 0.2) is 42.7 Å². The second-order valence-electron chi connectivity index (χ2n) is 9.32. The van der Waals surface area contributed by atoms with Crippen molar-refractivity contribution < 1.29 is 23.8 Å². The van der Waals surface area contributed by atoms with Gasteiger partial charge >= 0.3 is 5.97 Å². The lowest BCUT2D eigenvalue weighted by molar-refractivity contribution is -0.134. The third-order valence-corrected chi connectivity index (χ3v) is 7.38. The number of pyridine rings is 1. The van der Waals surface area contributed by atoms with Gasteiger partial charge in [0.15, 0.2) is 5.60 Å². The fourth-order valence-corrected chi connectivity index (χ4v) is 5.39. The van der Waals surface area contributed by atoms with Crippen LogP contribution in [-0.4, -0.2) is 54.2 Å². The maximum Gasteiger partial charge on any atom is 0.341 e. The molecule has 1 saturated carbocycles. The number of aromatic nitrogens is 1. The second kappa shape index (κ2) is 7.30. The van der Waals surface area contributed by atoms with Crippen molar-refractivity contribution in [1.29, 1.82) is 0 Å². The predicted molar refractivity (Wildman–Crippen MR) is 114 cm³/mol. The van der Waals surface area contributed by atoms with Crippen LogP contribution >= 0.6 is 0 Å². The smallest absolute Gasteiger partial charge is 0.341 e. The molecule has 3 aliphatic heterocycles. The molecule has 32 heavy (non-hydrogen) atoms. The number of amides is 1. The lowest BCUT2D eigenvalue weighted by Gasteiger charge is -2.27. The molecule has 7 nitrogen and oxygen atoms in total. The average Bonchev–Trinajstić information content (AvgIpc) is 3.46. The highest BCUT2D eigenvalue weighted by molar-refractivity contribution is 5.95. The number of rotatable bonds is 4.